The second-order valence-electron chi connectivity index (χ2n) is 2.06. The molecule has 0 aromatic heterocycles. The molecule has 1 N–H and O–H groups in total. The third kappa shape index (κ3) is 3.67. The molecule has 0 fully saturated rings. The van der Waals surface area contributed by atoms with Gasteiger partial charge in [0, 0.05) is 10.7 Å². The van der Waals surface area contributed by atoms with E-state index in [9.17, 15) is 4.79 Å². The molecular weight excluding hydrogens is 532 g/mol. The van der Waals surface area contributed by atoms with Gasteiger partial charge in [-0.2, -0.15) is 0 Å². The van der Waals surface area contributed by atoms with Crippen LogP contribution in [0.25, 0.3) is 0 Å². The molecule has 0 saturated carbocycles. The van der Waals surface area contributed by atoms with Gasteiger partial charge < -0.3 is 5.11 Å². The highest BCUT2D eigenvalue weighted by atomic mass is 127. The summed E-state index contributed by atoms with van der Waals surface area (Å²) in [6.07, 6.45) is 0. The number of rotatable bonds is 1. The van der Waals surface area contributed by atoms with Crippen LogP contribution in [0.2, 0.25) is 0 Å². The lowest BCUT2D eigenvalue weighted by atomic mass is 10.2. The first-order valence-electron chi connectivity index (χ1n) is 2.90. The Hall–Kier alpha value is 1.17. The fraction of sp³-hybridized carbons (Fsp3) is 0. The molecule has 0 spiro atoms. The highest BCUT2D eigenvalue weighted by molar-refractivity contribution is 14.1. The zero-order valence-corrected chi connectivity index (χ0v) is 13.3. The van der Waals surface area contributed by atoms with Crippen LogP contribution in [0, 0.1) is 10.7 Å². The summed E-state index contributed by atoms with van der Waals surface area (Å²) in [6.45, 7) is 0. The molecular formula is C7H4ClI3O2. The molecule has 0 aliphatic rings. The topological polar surface area (TPSA) is 37.3 Å². The van der Waals surface area contributed by atoms with Crippen molar-refractivity contribution in [1.29, 1.82) is 0 Å². The van der Waals surface area contributed by atoms with E-state index in [0.717, 1.165) is 10.7 Å². The van der Waals surface area contributed by atoms with Gasteiger partial charge in [0.25, 0.3) is 0 Å². The van der Waals surface area contributed by atoms with Crippen LogP contribution in [0.15, 0.2) is 12.1 Å². The van der Waals surface area contributed by atoms with Crippen molar-refractivity contribution in [2.45, 2.75) is 0 Å². The summed E-state index contributed by atoms with van der Waals surface area (Å²) in [5.41, 5.74) is 0.351. The van der Waals surface area contributed by atoms with Crippen LogP contribution in [-0.2, 0) is 0 Å². The van der Waals surface area contributed by atoms with Crippen LogP contribution < -0.4 is 0 Å². The minimum Gasteiger partial charge on any atom is -0.478 e. The molecule has 1 aromatic carbocycles. The highest BCUT2D eigenvalue weighted by Gasteiger charge is 2.08. The van der Waals surface area contributed by atoms with E-state index < -0.39 is 5.97 Å². The predicted molar refractivity (Wildman–Crippen MR) is 78.8 cm³/mol. The second kappa shape index (κ2) is 5.91. The van der Waals surface area contributed by atoms with Gasteiger partial charge in [0.15, 0.2) is 0 Å². The fourth-order valence-electron chi connectivity index (χ4n) is 0.679. The van der Waals surface area contributed by atoms with Crippen molar-refractivity contribution in [3.8, 4) is 0 Å². The molecule has 13 heavy (non-hydrogen) atoms. The maximum atomic E-state index is 10.6. The number of carboxylic acids is 1. The molecule has 0 heterocycles. The molecule has 0 radical (unpaired) electrons. The van der Waals surface area contributed by atoms with Crippen molar-refractivity contribution in [3.63, 3.8) is 0 Å². The number of carbonyl (C=O) groups is 1. The molecule has 0 saturated heterocycles. The van der Waals surface area contributed by atoms with Gasteiger partial charge in [0.05, 0.1) is 5.56 Å². The lowest BCUT2D eigenvalue weighted by Gasteiger charge is -2.01. The van der Waals surface area contributed by atoms with Crippen molar-refractivity contribution in [2.24, 2.45) is 0 Å². The van der Waals surface area contributed by atoms with Gasteiger partial charge in [0.2, 0.25) is 0 Å². The Morgan fingerprint density at radius 1 is 1.15 bits per heavy atom. The molecule has 0 atom stereocenters. The zero-order chi connectivity index (χ0) is 9.30. The van der Waals surface area contributed by atoms with Crippen LogP contribution >= 0.6 is 80.2 Å². The van der Waals surface area contributed by atoms with Gasteiger partial charge in [-0.15, -0.1) is 12.4 Å². The molecule has 6 heteroatoms. The van der Waals surface area contributed by atoms with Gasteiger partial charge in [0.1, 0.15) is 0 Å². The van der Waals surface area contributed by atoms with E-state index in [1.165, 1.54) is 0 Å². The van der Waals surface area contributed by atoms with Crippen LogP contribution in [0.3, 0.4) is 0 Å². The number of benzene rings is 1. The van der Waals surface area contributed by atoms with Crippen molar-refractivity contribution in [3.05, 3.63) is 28.4 Å². The molecule has 0 bridgehead atoms. The van der Waals surface area contributed by atoms with Gasteiger partial charge in [-0.1, -0.05) is 0 Å². The van der Waals surface area contributed by atoms with Gasteiger partial charge >= 0.3 is 5.97 Å². The Bertz CT molecular complexity index is 318. The molecule has 0 unspecified atom stereocenters. The summed E-state index contributed by atoms with van der Waals surface area (Å²) in [6, 6.07) is 3.35. The van der Waals surface area contributed by atoms with Crippen molar-refractivity contribution >= 4 is 86.1 Å². The van der Waals surface area contributed by atoms with Crippen LogP contribution in [-0.4, -0.2) is 11.1 Å². The first kappa shape index (κ1) is 14.2. The summed E-state index contributed by atoms with van der Waals surface area (Å²) >= 11 is 6.47. The fourth-order valence-corrected chi connectivity index (χ4v) is 2.76. The molecule has 1 aromatic rings. The van der Waals surface area contributed by atoms with E-state index in [-0.39, 0.29) is 12.4 Å². The lowest BCUT2D eigenvalue weighted by Crippen LogP contribution is -1.99. The smallest absolute Gasteiger partial charge is 0.335 e. The Kier molecular flexibility index (Phi) is 6.44. The monoisotopic (exact) mass is 536 g/mol. The van der Waals surface area contributed by atoms with Gasteiger partial charge in [-0.3, -0.25) is 0 Å². The average Bonchev–Trinajstić information content (AvgIpc) is 1.99. The quantitative estimate of drug-likeness (QED) is 0.440. The van der Waals surface area contributed by atoms with E-state index >= 15 is 0 Å². The second-order valence-corrected chi connectivity index (χ2v) is 5.46. The SMILES string of the molecule is Cl.O=C(O)c1cc(I)c(I)c(I)c1. The van der Waals surface area contributed by atoms with E-state index in [1.807, 2.05) is 0 Å². The standard InChI is InChI=1S/C7H3I3O2.ClH/c8-4-1-3(7(11)12)2-5(9)6(4)10;/h1-2H,(H,11,12);1H. The van der Waals surface area contributed by atoms with Crippen molar-refractivity contribution < 1.29 is 9.90 Å². The largest absolute Gasteiger partial charge is 0.478 e. The number of aromatic carboxylic acids is 1. The maximum absolute atomic E-state index is 10.6. The maximum Gasteiger partial charge on any atom is 0.335 e. The Labute approximate surface area is 123 Å². The third-order valence-corrected chi connectivity index (χ3v) is 6.16. The number of hydrogen-bond acceptors (Lipinski definition) is 1. The van der Waals surface area contributed by atoms with Crippen LogP contribution in [0.5, 0.6) is 0 Å². The Morgan fingerprint density at radius 3 is 1.85 bits per heavy atom. The van der Waals surface area contributed by atoms with Crippen molar-refractivity contribution in [2.75, 3.05) is 0 Å². The molecule has 0 aliphatic carbocycles. The van der Waals surface area contributed by atoms with E-state index in [0.29, 0.717) is 5.56 Å². The number of carboxylic acid groups (broad SMARTS) is 1. The molecule has 0 aliphatic heterocycles. The summed E-state index contributed by atoms with van der Waals surface area (Å²) < 4.78 is 3.08. The predicted octanol–water partition coefficient (Wildman–Crippen LogP) is 3.62. The number of hydrogen-bond donors (Lipinski definition) is 1. The molecule has 1 rings (SSSR count). The van der Waals surface area contributed by atoms with Crippen LogP contribution in [0.1, 0.15) is 10.4 Å². The highest BCUT2D eigenvalue weighted by Crippen LogP contribution is 2.22. The average molecular weight is 536 g/mol. The summed E-state index contributed by atoms with van der Waals surface area (Å²) in [4.78, 5) is 10.6. The van der Waals surface area contributed by atoms with E-state index in [4.69, 9.17) is 5.11 Å². The molecule has 2 nitrogen and oxygen atoms in total. The summed E-state index contributed by atoms with van der Waals surface area (Å²) in [5, 5.41) is 8.72. The Morgan fingerprint density at radius 2 is 1.54 bits per heavy atom. The first-order chi connectivity index (χ1) is 5.52. The summed E-state index contributed by atoms with van der Waals surface area (Å²) in [7, 11) is 0. The molecule has 72 valence electrons. The first-order valence-corrected chi connectivity index (χ1v) is 6.14. The van der Waals surface area contributed by atoms with Crippen LogP contribution in [0.4, 0.5) is 0 Å². The summed E-state index contributed by atoms with van der Waals surface area (Å²) in [5.74, 6) is -0.873. The third-order valence-electron chi connectivity index (χ3n) is 1.23. The number of halogens is 4. The van der Waals surface area contributed by atoms with E-state index in [1.54, 1.807) is 12.1 Å². The van der Waals surface area contributed by atoms with Gasteiger partial charge in [-0.05, 0) is 79.9 Å². The minimum absolute atomic E-state index is 0. The van der Waals surface area contributed by atoms with Crippen molar-refractivity contribution in [1.82, 2.24) is 0 Å². The zero-order valence-electron chi connectivity index (χ0n) is 6.05. The lowest BCUT2D eigenvalue weighted by molar-refractivity contribution is 0.0696. The van der Waals surface area contributed by atoms with Gasteiger partial charge in [-0.25, -0.2) is 4.79 Å². The Balaban J connectivity index is 0.00000144. The minimum atomic E-state index is -0.873. The molecule has 0 amide bonds. The normalized spacial score (nSPS) is 9.15. The van der Waals surface area contributed by atoms with E-state index in [2.05, 4.69) is 67.8 Å².